The molecule has 0 N–H and O–H groups in total. The minimum Gasteiger partial charge on any atom is -0.293 e. The number of aromatic nitrogens is 4. The van der Waals surface area contributed by atoms with E-state index in [0.29, 0.717) is 10.7 Å². The number of hydrogen-bond donors (Lipinski definition) is 0. The molecule has 0 bridgehead atoms. The first-order valence-corrected chi connectivity index (χ1v) is 10.6. The van der Waals surface area contributed by atoms with E-state index in [-0.39, 0.29) is 5.69 Å². The molecule has 0 aliphatic heterocycles. The van der Waals surface area contributed by atoms with Gasteiger partial charge in [-0.3, -0.25) is 19.1 Å². The van der Waals surface area contributed by atoms with Crippen LogP contribution >= 0.6 is 11.6 Å². The highest BCUT2D eigenvalue weighted by Gasteiger charge is 2.18. The zero-order valence-electron chi connectivity index (χ0n) is 17.2. The van der Waals surface area contributed by atoms with Crippen LogP contribution in [0.25, 0.3) is 49.7 Å². The molecule has 6 aromatic rings. The van der Waals surface area contributed by atoms with Gasteiger partial charge in [-0.15, -0.1) is 0 Å². The molecule has 0 aliphatic carbocycles. The normalized spacial score (nSPS) is 11.6. The molecule has 0 amide bonds. The van der Waals surface area contributed by atoms with Crippen molar-refractivity contribution in [2.45, 2.75) is 0 Å². The molecular formula is C26H17ClN4O. The third-order valence-corrected chi connectivity index (χ3v) is 6.22. The molecule has 154 valence electrons. The summed E-state index contributed by atoms with van der Waals surface area (Å²) in [7, 11) is 1.75. The first-order chi connectivity index (χ1) is 15.6. The third-order valence-electron chi connectivity index (χ3n) is 5.90. The molecule has 5 nitrogen and oxygen atoms in total. The van der Waals surface area contributed by atoms with Crippen molar-refractivity contribution < 1.29 is 0 Å². The van der Waals surface area contributed by atoms with Gasteiger partial charge in [-0.05, 0) is 42.0 Å². The van der Waals surface area contributed by atoms with Crippen LogP contribution < -0.4 is 5.69 Å². The van der Waals surface area contributed by atoms with E-state index in [1.807, 2.05) is 54.7 Å². The van der Waals surface area contributed by atoms with Gasteiger partial charge in [0, 0.05) is 29.6 Å². The highest BCUT2D eigenvalue weighted by atomic mass is 35.5. The Bertz CT molecular complexity index is 1730. The number of para-hydroxylation sites is 2. The molecule has 0 unspecified atom stereocenters. The summed E-state index contributed by atoms with van der Waals surface area (Å²) in [6, 6.07) is 23.6. The molecule has 0 saturated carbocycles. The molecule has 3 aromatic carbocycles. The van der Waals surface area contributed by atoms with E-state index in [1.54, 1.807) is 28.4 Å². The van der Waals surface area contributed by atoms with Gasteiger partial charge in [0.1, 0.15) is 0 Å². The van der Waals surface area contributed by atoms with Gasteiger partial charge in [-0.2, -0.15) is 0 Å². The summed E-state index contributed by atoms with van der Waals surface area (Å²) in [5, 5.41) is 2.47. The summed E-state index contributed by atoms with van der Waals surface area (Å²) >= 11 is 6.48. The molecule has 0 radical (unpaired) electrons. The lowest BCUT2D eigenvalue weighted by atomic mass is 10.0. The Labute approximate surface area is 188 Å². The summed E-state index contributed by atoms with van der Waals surface area (Å²) in [5.74, 6) is 0. The van der Waals surface area contributed by atoms with E-state index in [0.717, 1.165) is 44.0 Å². The summed E-state index contributed by atoms with van der Waals surface area (Å²) in [5.41, 5.74) is 5.79. The second-order valence-corrected chi connectivity index (χ2v) is 8.18. The van der Waals surface area contributed by atoms with Crippen molar-refractivity contribution in [2.75, 3.05) is 0 Å². The fourth-order valence-corrected chi connectivity index (χ4v) is 4.48. The first-order valence-electron chi connectivity index (χ1n) is 10.2. The predicted octanol–water partition coefficient (Wildman–Crippen LogP) is 5.75. The SMILES string of the molecule is Cn1c(=O)n(-c2ccccc2Cl)c2c3cc(-c4cnc5ccccc5c4)ccc3ncc21. The number of halogens is 1. The zero-order chi connectivity index (χ0) is 21.8. The van der Waals surface area contributed by atoms with Gasteiger partial charge in [-0.25, -0.2) is 4.79 Å². The highest BCUT2D eigenvalue weighted by Crippen LogP contribution is 2.31. The van der Waals surface area contributed by atoms with E-state index in [2.05, 4.69) is 28.2 Å². The molecule has 0 saturated heterocycles. The topological polar surface area (TPSA) is 52.7 Å². The molecule has 0 spiro atoms. The quantitative estimate of drug-likeness (QED) is 0.347. The van der Waals surface area contributed by atoms with Gasteiger partial charge in [0.25, 0.3) is 0 Å². The Balaban J connectivity index is 1.68. The Morgan fingerprint density at radius 3 is 2.47 bits per heavy atom. The standard InChI is InChI=1S/C26H17ClN4O/c1-30-24-15-29-22-11-10-16(18-12-17-6-2-4-8-21(17)28-14-18)13-19(22)25(24)31(26(30)32)23-9-5-3-7-20(23)27/h2-15H,1H3. The van der Waals surface area contributed by atoms with Gasteiger partial charge in [0.15, 0.2) is 0 Å². The van der Waals surface area contributed by atoms with Crippen molar-refractivity contribution in [2.24, 2.45) is 7.05 Å². The fraction of sp³-hybridized carbons (Fsp3) is 0.0385. The van der Waals surface area contributed by atoms with E-state index in [9.17, 15) is 4.79 Å². The number of imidazole rings is 1. The number of fused-ring (bicyclic) bond motifs is 4. The van der Waals surface area contributed by atoms with Crippen LogP contribution in [0.2, 0.25) is 5.02 Å². The summed E-state index contributed by atoms with van der Waals surface area (Å²) in [6.07, 6.45) is 3.62. The predicted molar refractivity (Wildman–Crippen MR) is 130 cm³/mol. The van der Waals surface area contributed by atoms with Crippen molar-refractivity contribution >= 4 is 44.4 Å². The minimum absolute atomic E-state index is 0.167. The van der Waals surface area contributed by atoms with Gasteiger partial charge >= 0.3 is 5.69 Å². The molecule has 6 heteroatoms. The van der Waals surface area contributed by atoms with Crippen molar-refractivity contribution in [3.63, 3.8) is 0 Å². The number of pyridine rings is 2. The van der Waals surface area contributed by atoms with Crippen molar-refractivity contribution in [1.82, 2.24) is 19.1 Å². The minimum atomic E-state index is -0.167. The maximum absolute atomic E-state index is 13.2. The summed E-state index contributed by atoms with van der Waals surface area (Å²) < 4.78 is 3.28. The van der Waals surface area contributed by atoms with Gasteiger partial charge < -0.3 is 0 Å². The van der Waals surface area contributed by atoms with Crippen LogP contribution in [0.3, 0.4) is 0 Å². The van der Waals surface area contributed by atoms with Crippen LogP contribution in [0.15, 0.2) is 90.0 Å². The third kappa shape index (κ3) is 2.75. The first kappa shape index (κ1) is 18.8. The number of nitrogens with zero attached hydrogens (tertiary/aromatic N) is 4. The van der Waals surface area contributed by atoms with Crippen LogP contribution in [-0.2, 0) is 7.05 Å². The molecule has 32 heavy (non-hydrogen) atoms. The molecular weight excluding hydrogens is 420 g/mol. The maximum atomic E-state index is 13.2. The smallest absolute Gasteiger partial charge is 0.293 e. The lowest BCUT2D eigenvalue weighted by molar-refractivity contribution is 0.846. The van der Waals surface area contributed by atoms with E-state index >= 15 is 0 Å². The van der Waals surface area contributed by atoms with Crippen molar-refractivity contribution in [1.29, 1.82) is 0 Å². The lowest BCUT2D eigenvalue weighted by Crippen LogP contribution is -2.21. The van der Waals surface area contributed by atoms with Crippen molar-refractivity contribution in [3.8, 4) is 16.8 Å². The number of rotatable bonds is 2. The van der Waals surface area contributed by atoms with Gasteiger partial charge in [0.05, 0.1) is 39.0 Å². The van der Waals surface area contributed by atoms with E-state index in [4.69, 9.17) is 11.6 Å². The van der Waals surface area contributed by atoms with Crippen LogP contribution in [-0.4, -0.2) is 19.1 Å². The Kier molecular flexibility index (Phi) is 4.13. The molecule has 0 fully saturated rings. The van der Waals surface area contributed by atoms with Crippen LogP contribution in [0.4, 0.5) is 0 Å². The van der Waals surface area contributed by atoms with Crippen LogP contribution in [0.5, 0.6) is 0 Å². The fourth-order valence-electron chi connectivity index (χ4n) is 4.26. The van der Waals surface area contributed by atoms with Gasteiger partial charge in [0.2, 0.25) is 0 Å². The van der Waals surface area contributed by atoms with Crippen molar-refractivity contribution in [3.05, 3.63) is 101 Å². The average molecular weight is 437 g/mol. The molecule has 3 aromatic heterocycles. The van der Waals surface area contributed by atoms with Crippen LogP contribution in [0, 0.1) is 0 Å². The maximum Gasteiger partial charge on any atom is 0.333 e. The summed E-state index contributed by atoms with van der Waals surface area (Å²) in [4.78, 5) is 22.4. The zero-order valence-corrected chi connectivity index (χ0v) is 17.9. The molecule has 0 atom stereocenters. The second-order valence-electron chi connectivity index (χ2n) is 7.77. The summed E-state index contributed by atoms with van der Waals surface area (Å²) in [6.45, 7) is 0. The number of aryl methyl sites for hydroxylation is 1. The van der Waals surface area contributed by atoms with E-state index in [1.165, 1.54) is 0 Å². The lowest BCUT2D eigenvalue weighted by Gasteiger charge is -2.09. The van der Waals surface area contributed by atoms with Gasteiger partial charge in [-0.1, -0.05) is 48.0 Å². The average Bonchev–Trinajstić information content (AvgIpc) is 3.09. The second kappa shape index (κ2) is 7.04. The number of benzene rings is 3. The Morgan fingerprint density at radius 2 is 1.59 bits per heavy atom. The Morgan fingerprint density at radius 1 is 0.812 bits per heavy atom. The molecule has 6 rings (SSSR count). The van der Waals surface area contributed by atoms with Crippen LogP contribution in [0.1, 0.15) is 0 Å². The highest BCUT2D eigenvalue weighted by molar-refractivity contribution is 6.32. The molecule has 3 heterocycles. The largest absolute Gasteiger partial charge is 0.333 e. The Hall–Kier alpha value is -3.96. The molecule has 0 aliphatic rings. The monoisotopic (exact) mass is 436 g/mol. The number of hydrogen-bond acceptors (Lipinski definition) is 3. The van der Waals surface area contributed by atoms with E-state index < -0.39 is 0 Å².